The lowest BCUT2D eigenvalue weighted by Gasteiger charge is -2.36. The van der Waals surface area contributed by atoms with Crippen LogP contribution in [0.25, 0.3) is 0 Å². The zero-order valence-electron chi connectivity index (χ0n) is 19.0. The van der Waals surface area contributed by atoms with E-state index in [1.807, 2.05) is 72.5 Å². The highest BCUT2D eigenvalue weighted by molar-refractivity contribution is 5.95. The molecule has 170 valence electrons. The van der Waals surface area contributed by atoms with Crippen molar-refractivity contribution >= 4 is 11.8 Å². The van der Waals surface area contributed by atoms with Crippen LogP contribution in [0.3, 0.4) is 0 Å². The van der Waals surface area contributed by atoms with Gasteiger partial charge in [-0.25, -0.2) is 9.97 Å². The average Bonchev–Trinajstić information content (AvgIpc) is 2.87. The monoisotopic (exact) mass is 442 g/mol. The highest BCUT2D eigenvalue weighted by atomic mass is 16.2. The first kappa shape index (κ1) is 22.6. The van der Waals surface area contributed by atoms with E-state index in [4.69, 9.17) is 0 Å². The molecule has 1 aromatic heterocycles. The van der Waals surface area contributed by atoms with Gasteiger partial charge in [-0.1, -0.05) is 60.7 Å². The number of amides is 2. The van der Waals surface area contributed by atoms with Crippen molar-refractivity contribution in [3.8, 4) is 0 Å². The van der Waals surface area contributed by atoms with Crippen LogP contribution in [-0.2, 0) is 17.8 Å². The largest absolute Gasteiger partial charge is 0.348 e. The summed E-state index contributed by atoms with van der Waals surface area (Å²) in [5.74, 6) is 0.499. The first-order chi connectivity index (χ1) is 16.1. The van der Waals surface area contributed by atoms with Crippen LogP contribution >= 0.6 is 0 Å². The number of hydrogen-bond donors (Lipinski definition) is 1. The Labute approximate surface area is 195 Å². The van der Waals surface area contributed by atoms with Gasteiger partial charge in [0.15, 0.2) is 0 Å². The van der Waals surface area contributed by atoms with Gasteiger partial charge >= 0.3 is 0 Å². The van der Waals surface area contributed by atoms with Gasteiger partial charge in [0.2, 0.25) is 5.91 Å². The number of nitrogens with one attached hydrogen (secondary N) is 1. The van der Waals surface area contributed by atoms with Crippen LogP contribution in [0.1, 0.15) is 64.7 Å². The lowest BCUT2D eigenvalue weighted by molar-refractivity contribution is -0.135. The smallest absolute Gasteiger partial charge is 0.255 e. The molecule has 1 aliphatic heterocycles. The zero-order valence-corrected chi connectivity index (χ0v) is 19.0. The minimum atomic E-state index is -0.212. The standard InChI is InChI=1S/C27H30N4O2/c1-20-28-19-23(27(33)29-18-22-12-6-3-7-13-22)26(30-20)24-14-8-9-17-31(24)25(32)16-15-21-10-4-2-5-11-21/h2-7,10-13,19,24H,8-9,14-18H2,1H3,(H,29,33)/t24-/m1/s1. The van der Waals surface area contributed by atoms with Crippen molar-refractivity contribution in [3.63, 3.8) is 0 Å². The molecule has 2 heterocycles. The molecule has 33 heavy (non-hydrogen) atoms. The van der Waals surface area contributed by atoms with Crippen LogP contribution in [-0.4, -0.2) is 33.2 Å². The lowest BCUT2D eigenvalue weighted by Crippen LogP contribution is -2.40. The molecule has 0 bridgehead atoms. The van der Waals surface area contributed by atoms with Gasteiger partial charge in [0.1, 0.15) is 5.82 Å². The van der Waals surface area contributed by atoms with E-state index in [9.17, 15) is 9.59 Å². The van der Waals surface area contributed by atoms with Crippen molar-refractivity contribution in [1.82, 2.24) is 20.2 Å². The second kappa shape index (κ2) is 10.9. The van der Waals surface area contributed by atoms with Crippen molar-refractivity contribution in [2.45, 2.75) is 51.6 Å². The maximum absolute atomic E-state index is 13.2. The Bertz CT molecular complexity index is 1090. The van der Waals surface area contributed by atoms with E-state index >= 15 is 0 Å². The van der Waals surface area contributed by atoms with Crippen LogP contribution in [0.2, 0.25) is 0 Å². The number of aryl methyl sites for hydroxylation is 2. The van der Waals surface area contributed by atoms with Gasteiger partial charge in [-0.05, 0) is 43.7 Å². The summed E-state index contributed by atoms with van der Waals surface area (Å²) in [6, 6.07) is 19.6. The summed E-state index contributed by atoms with van der Waals surface area (Å²) in [5, 5.41) is 2.98. The van der Waals surface area contributed by atoms with Crippen LogP contribution in [0.5, 0.6) is 0 Å². The first-order valence-corrected chi connectivity index (χ1v) is 11.6. The van der Waals surface area contributed by atoms with E-state index in [0.29, 0.717) is 43.0 Å². The molecule has 0 aliphatic carbocycles. The Balaban J connectivity index is 1.52. The van der Waals surface area contributed by atoms with E-state index in [1.165, 1.54) is 0 Å². The summed E-state index contributed by atoms with van der Waals surface area (Å²) in [6.45, 7) is 2.93. The Hall–Kier alpha value is -3.54. The maximum Gasteiger partial charge on any atom is 0.255 e. The van der Waals surface area contributed by atoms with Crippen LogP contribution < -0.4 is 5.32 Å². The number of aromatic nitrogens is 2. The minimum absolute atomic E-state index is 0.107. The molecule has 0 spiro atoms. The molecule has 1 aliphatic rings. The number of hydrogen-bond acceptors (Lipinski definition) is 4. The lowest BCUT2D eigenvalue weighted by atomic mass is 9.95. The molecule has 6 heteroatoms. The van der Waals surface area contributed by atoms with Gasteiger partial charge in [-0.3, -0.25) is 9.59 Å². The Morgan fingerprint density at radius 1 is 1.00 bits per heavy atom. The van der Waals surface area contributed by atoms with E-state index in [-0.39, 0.29) is 17.9 Å². The molecule has 1 saturated heterocycles. The van der Waals surface area contributed by atoms with Crippen molar-refractivity contribution in [2.24, 2.45) is 0 Å². The molecule has 3 aromatic rings. The van der Waals surface area contributed by atoms with Crippen molar-refractivity contribution in [1.29, 1.82) is 0 Å². The summed E-state index contributed by atoms with van der Waals surface area (Å²) < 4.78 is 0. The molecule has 0 unspecified atom stereocenters. The van der Waals surface area contributed by atoms with Crippen molar-refractivity contribution in [2.75, 3.05) is 6.54 Å². The molecular formula is C27H30N4O2. The number of benzene rings is 2. The normalized spacial score (nSPS) is 15.8. The highest BCUT2D eigenvalue weighted by Crippen LogP contribution is 2.32. The van der Waals surface area contributed by atoms with Gasteiger partial charge in [0, 0.05) is 25.7 Å². The summed E-state index contributed by atoms with van der Waals surface area (Å²) in [6.07, 6.45) is 5.51. The number of rotatable bonds is 7. The fourth-order valence-corrected chi connectivity index (χ4v) is 4.34. The molecule has 0 radical (unpaired) electrons. The van der Waals surface area contributed by atoms with Crippen LogP contribution in [0.15, 0.2) is 66.9 Å². The van der Waals surface area contributed by atoms with Gasteiger partial charge in [-0.15, -0.1) is 0 Å². The SMILES string of the molecule is Cc1ncc(C(=O)NCc2ccccc2)c([C@H]2CCCCN2C(=O)CCc2ccccc2)n1. The average molecular weight is 443 g/mol. The summed E-state index contributed by atoms with van der Waals surface area (Å²) >= 11 is 0. The van der Waals surface area contributed by atoms with Crippen molar-refractivity contribution in [3.05, 3.63) is 95.1 Å². The minimum Gasteiger partial charge on any atom is -0.348 e. The molecule has 2 amide bonds. The molecule has 2 aromatic carbocycles. The van der Waals surface area contributed by atoms with Gasteiger partial charge in [0.25, 0.3) is 5.91 Å². The predicted molar refractivity (Wildman–Crippen MR) is 127 cm³/mol. The quantitative estimate of drug-likeness (QED) is 0.588. The maximum atomic E-state index is 13.2. The summed E-state index contributed by atoms with van der Waals surface area (Å²) in [4.78, 5) is 37.2. The number of carbonyl (C=O) groups excluding carboxylic acids is 2. The molecular weight excluding hydrogens is 412 g/mol. The zero-order chi connectivity index (χ0) is 23.0. The first-order valence-electron chi connectivity index (χ1n) is 11.6. The fourth-order valence-electron chi connectivity index (χ4n) is 4.34. The van der Waals surface area contributed by atoms with E-state index in [0.717, 1.165) is 30.4 Å². The van der Waals surface area contributed by atoms with Crippen molar-refractivity contribution < 1.29 is 9.59 Å². The molecule has 1 N–H and O–H groups in total. The summed E-state index contributed by atoms with van der Waals surface area (Å²) in [5.41, 5.74) is 3.28. The molecule has 4 rings (SSSR count). The molecule has 0 saturated carbocycles. The Morgan fingerprint density at radius 2 is 1.70 bits per heavy atom. The molecule has 1 atom stereocenters. The van der Waals surface area contributed by atoms with Crippen LogP contribution in [0.4, 0.5) is 0 Å². The number of carbonyl (C=O) groups is 2. The number of piperidine rings is 1. The fraction of sp³-hybridized carbons (Fsp3) is 0.333. The van der Waals surface area contributed by atoms with Gasteiger partial charge < -0.3 is 10.2 Å². The van der Waals surface area contributed by atoms with E-state index < -0.39 is 0 Å². The van der Waals surface area contributed by atoms with E-state index in [1.54, 1.807) is 6.20 Å². The predicted octanol–water partition coefficient (Wildman–Crippen LogP) is 4.40. The second-order valence-corrected chi connectivity index (χ2v) is 8.47. The second-order valence-electron chi connectivity index (χ2n) is 8.47. The Kier molecular flexibility index (Phi) is 7.45. The third-order valence-electron chi connectivity index (χ3n) is 6.09. The van der Waals surface area contributed by atoms with Crippen LogP contribution in [0, 0.1) is 6.92 Å². The third kappa shape index (κ3) is 5.83. The molecule has 1 fully saturated rings. The van der Waals surface area contributed by atoms with Gasteiger partial charge in [0.05, 0.1) is 17.3 Å². The van der Waals surface area contributed by atoms with Gasteiger partial charge in [-0.2, -0.15) is 0 Å². The summed E-state index contributed by atoms with van der Waals surface area (Å²) in [7, 11) is 0. The third-order valence-corrected chi connectivity index (χ3v) is 6.09. The Morgan fingerprint density at radius 3 is 2.42 bits per heavy atom. The number of nitrogens with zero attached hydrogens (tertiary/aromatic N) is 3. The van der Waals surface area contributed by atoms with E-state index in [2.05, 4.69) is 15.3 Å². The molecule has 6 nitrogen and oxygen atoms in total. The highest BCUT2D eigenvalue weighted by Gasteiger charge is 2.32. The number of likely N-dealkylation sites (tertiary alicyclic amines) is 1. The topological polar surface area (TPSA) is 75.2 Å².